The lowest BCUT2D eigenvalue weighted by atomic mass is 9.96. The van der Waals surface area contributed by atoms with Crippen LogP contribution in [0, 0.1) is 0 Å². The lowest BCUT2D eigenvalue weighted by molar-refractivity contribution is -0.115. The predicted molar refractivity (Wildman–Crippen MR) is 95.3 cm³/mol. The second kappa shape index (κ2) is 6.61. The van der Waals surface area contributed by atoms with E-state index in [0.717, 1.165) is 49.5 Å². The molecule has 0 bridgehead atoms. The zero-order chi connectivity index (χ0) is 16.4. The average Bonchev–Trinajstić information content (AvgIpc) is 2.62. The van der Waals surface area contributed by atoms with E-state index in [1.54, 1.807) is 6.20 Å². The largest absolute Gasteiger partial charge is 0.351 e. The Balaban J connectivity index is 1.53. The third kappa shape index (κ3) is 2.99. The summed E-state index contributed by atoms with van der Waals surface area (Å²) in [6.45, 7) is 2.99. The number of nitrogens with one attached hydrogen (secondary N) is 2. The molecule has 5 heteroatoms. The molecule has 2 N–H and O–H groups in total. The van der Waals surface area contributed by atoms with E-state index in [-0.39, 0.29) is 5.91 Å². The zero-order valence-corrected chi connectivity index (χ0v) is 13.7. The zero-order valence-electron chi connectivity index (χ0n) is 13.7. The van der Waals surface area contributed by atoms with Crippen molar-refractivity contribution in [2.24, 2.45) is 0 Å². The molecule has 1 amide bonds. The van der Waals surface area contributed by atoms with Gasteiger partial charge in [-0.05, 0) is 24.5 Å². The standard InChI is InChI=1S/C19H22N4O/c24-18(12-14-4-2-1-3-5-14)22-17-8-9-21-19-16(17)7-6-15-13-20-10-11-23(15)19/h1-5,8-9,15,20H,6-7,10-13H2,(H,21,22,24). The lowest BCUT2D eigenvalue weighted by Gasteiger charge is -2.41. The van der Waals surface area contributed by atoms with E-state index in [1.807, 2.05) is 36.4 Å². The fraction of sp³-hybridized carbons (Fsp3) is 0.368. The van der Waals surface area contributed by atoms with Gasteiger partial charge in [0.25, 0.3) is 0 Å². The highest BCUT2D eigenvalue weighted by Gasteiger charge is 2.30. The third-order valence-electron chi connectivity index (χ3n) is 4.86. The highest BCUT2D eigenvalue weighted by atomic mass is 16.1. The maximum atomic E-state index is 12.4. The van der Waals surface area contributed by atoms with Gasteiger partial charge in [-0.3, -0.25) is 4.79 Å². The topological polar surface area (TPSA) is 57.3 Å². The van der Waals surface area contributed by atoms with Crippen molar-refractivity contribution in [2.45, 2.75) is 25.3 Å². The van der Waals surface area contributed by atoms with E-state index in [1.165, 1.54) is 5.56 Å². The Morgan fingerprint density at radius 1 is 1.29 bits per heavy atom. The number of fused-ring (bicyclic) bond motifs is 3. The minimum absolute atomic E-state index is 0.0250. The molecule has 5 nitrogen and oxygen atoms in total. The minimum Gasteiger partial charge on any atom is -0.351 e. The van der Waals surface area contributed by atoms with Crippen LogP contribution in [-0.2, 0) is 17.6 Å². The number of hydrogen-bond acceptors (Lipinski definition) is 4. The number of anilines is 2. The normalized spacial score (nSPS) is 19.3. The third-order valence-corrected chi connectivity index (χ3v) is 4.86. The summed E-state index contributed by atoms with van der Waals surface area (Å²) < 4.78 is 0. The smallest absolute Gasteiger partial charge is 0.228 e. The van der Waals surface area contributed by atoms with Crippen LogP contribution in [0.15, 0.2) is 42.6 Å². The molecule has 2 aliphatic heterocycles. The molecule has 3 heterocycles. The number of aromatic nitrogens is 1. The Morgan fingerprint density at radius 2 is 2.17 bits per heavy atom. The summed E-state index contributed by atoms with van der Waals surface area (Å²) in [5.74, 6) is 1.07. The van der Waals surface area contributed by atoms with Crippen molar-refractivity contribution in [1.29, 1.82) is 0 Å². The van der Waals surface area contributed by atoms with Crippen LogP contribution in [0.25, 0.3) is 0 Å². The first-order valence-electron chi connectivity index (χ1n) is 8.60. The molecule has 2 aromatic rings. The molecule has 1 saturated heterocycles. The van der Waals surface area contributed by atoms with Gasteiger partial charge in [-0.15, -0.1) is 0 Å². The maximum Gasteiger partial charge on any atom is 0.228 e. The molecule has 1 aromatic carbocycles. The molecule has 4 rings (SSSR count). The number of pyridine rings is 1. The Morgan fingerprint density at radius 3 is 3.04 bits per heavy atom. The second-order valence-electron chi connectivity index (χ2n) is 6.46. The molecule has 1 unspecified atom stereocenters. The van der Waals surface area contributed by atoms with Crippen molar-refractivity contribution in [2.75, 3.05) is 29.9 Å². The van der Waals surface area contributed by atoms with Crippen LogP contribution in [-0.4, -0.2) is 36.6 Å². The predicted octanol–water partition coefficient (Wildman–Crippen LogP) is 1.99. The van der Waals surface area contributed by atoms with Crippen LogP contribution >= 0.6 is 0 Å². The molecule has 0 spiro atoms. The Bertz CT molecular complexity index is 731. The van der Waals surface area contributed by atoms with E-state index >= 15 is 0 Å². The van der Waals surface area contributed by atoms with Crippen LogP contribution in [0.2, 0.25) is 0 Å². The Hall–Kier alpha value is -2.40. The van der Waals surface area contributed by atoms with Gasteiger partial charge in [0.05, 0.1) is 6.42 Å². The Labute approximate surface area is 142 Å². The Kier molecular flexibility index (Phi) is 4.17. The number of nitrogens with zero attached hydrogens (tertiary/aromatic N) is 2. The van der Waals surface area contributed by atoms with E-state index in [4.69, 9.17) is 0 Å². The van der Waals surface area contributed by atoms with Crippen LogP contribution in [0.1, 0.15) is 17.5 Å². The first-order chi connectivity index (χ1) is 11.8. The summed E-state index contributed by atoms with van der Waals surface area (Å²) in [4.78, 5) is 19.4. The number of carbonyl (C=O) groups is 1. The van der Waals surface area contributed by atoms with Crippen molar-refractivity contribution in [1.82, 2.24) is 10.3 Å². The van der Waals surface area contributed by atoms with Gasteiger partial charge >= 0.3 is 0 Å². The molecule has 1 atom stereocenters. The van der Waals surface area contributed by atoms with E-state index in [0.29, 0.717) is 12.5 Å². The minimum atomic E-state index is 0.0250. The summed E-state index contributed by atoms with van der Waals surface area (Å²) in [6.07, 6.45) is 4.27. The molecule has 124 valence electrons. The quantitative estimate of drug-likeness (QED) is 0.907. The fourth-order valence-electron chi connectivity index (χ4n) is 3.68. The molecule has 0 aliphatic carbocycles. The average molecular weight is 322 g/mol. The molecule has 1 aromatic heterocycles. The molecule has 0 radical (unpaired) electrons. The van der Waals surface area contributed by atoms with Gasteiger partial charge in [-0.25, -0.2) is 4.98 Å². The summed E-state index contributed by atoms with van der Waals surface area (Å²) in [6, 6.07) is 12.3. The first-order valence-corrected chi connectivity index (χ1v) is 8.60. The van der Waals surface area contributed by atoms with Crippen molar-refractivity contribution < 1.29 is 4.79 Å². The number of hydrogen-bond donors (Lipinski definition) is 2. The molecular weight excluding hydrogens is 300 g/mol. The number of benzene rings is 1. The first kappa shape index (κ1) is 15.1. The monoisotopic (exact) mass is 322 g/mol. The van der Waals surface area contributed by atoms with E-state index in [9.17, 15) is 4.79 Å². The van der Waals surface area contributed by atoms with Crippen molar-refractivity contribution in [3.63, 3.8) is 0 Å². The summed E-state index contributed by atoms with van der Waals surface area (Å²) in [7, 11) is 0. The van der Waals surface area contributed by atoms with Crippen LogP contribution < -0.4 is 15.5 Å². The molecule has 0 saturated carbocycles. The van der Waals surface area contributed by atoms with Crippen LogP contribution in [0.5, 0.6) is 0 Å². The lowest BCUT2D eigenvalue weighted by Crippen LogP contribution is -2.53. The highest BCUT2D eigenvalue weighted by molar-refractivity contribution is 5.93. The second-order valence-corrected chi connectivity index (χ2v) is 6.46. The number of piperazine rings is 1. The summed E-state index contributed by atoms with van der Waals surface area (Å²) in [5, 5.41) is 6.54. The van der Waals surface area contributed by atoms with Gasteiger partial charge in [0.1, 0.15) is 5.82 Å². The number of amides is 1. The summed E-state index contributed by atoms with van der Waals surface area (Å²) >= 11 is 0. The van der Waals surface area contributed by atoms with Gasteiger partial charge in [0.2, 0.25) is 5.91 Å². The van der Waals surface area contributed by atoms with E-state index in [2.05, 4.69) is 20.5 Å². The summed E-state index contributed by atoms with van der Waals surface area (Å²) in [5.41, 5.74) is 3.12. The van der Waals surface area contributed by atoms with Crippen molar-refractivity contribution in [3.05, 3.63) is 53.7 Å². The van der Waals surface area contributed by atoms with E-state index < -0.39 is 0 Å². The number of rotatable bonds is 3. The van der Waals surface area contributed by atoms with Gasteiger partial charge in [0, 0.05) is 43.1 Å². The maximum absolute atomic E-state index is 12.4. The molecular formula is C19H22N4O. The van der Waals surface area contributed by atoms with Crippen LogP contribution in [0.3, 0.4) is 0 Å². The molecule has 1 fully saturated rings. The fourth-order valence-corrected chi connectivity index (χ4v) is 3.68. The van der Waals surface area contributed by atoms with Crippen molar-refractivity contribution >= 4 is 17.4 Å². The van der Waals surface area contributed by atoms with Gasteiger partial charge in [0.15, 0.2) is 0 Å². The van der Waals surface area contributed by atoms with Crippen LogP contribution in [0.4, 0.5) is 11.5 Å². The molecule has 24 heavy (non-hydrogen) atoms. The highest BCUT2D eigenvalue weighted by Crippen LogP contribution is 2.34. The van der Waals surface area contributed by atoms with Gasteiger partial charge < -0.3 is 15.5 Å². The van der Waals surface area contributed by atoms with Gasteiger partial charge in [-0.1, -0.05) is 30.3 Å². The number of carbonyl (C=O) groups excluding carboxylic acids is 1. The van der Waals surface area contributed by atoms with Crippen molar-refractivity contribution in [3.8, 4) is 0 Å². The molecule has 2 aliphatic rings. The van der Waals surface area contributed by atoms with Gasteiger partial charge in [-0.2, -0.15) is 0 Å². The SMILES string of the molecule is O=C(Cc1ccccc1)Nc1ccnc2c1CCC1CNCCN21.